The van der Waals surface area contributed by atoms with Gasteiger partial charge in [0, 0.05) is 24.6 Å². The highest BCUT2D eigenvalue weighted by Crippen LogP contribution is 2.24. The van der Waals surface area contributed by atoms with Crippen LogP contribution in [0.2, 0.25) is 0 Å². The summed E-state index contributed by atoms with van der Waals surface area (Å²) in [6.07, 6.45) is 0.551. The molecule has 1 saturated heterocycles. The lowest BCUT2D eigenvalue weighted by Gasteiger charge is -2.19. The highest BCUT2D eigenvalue weighted by Gasteiger charge is 2.29. The van der Waals surface area contributed by atoms with Crippen LogP contribution in [0.25, 0.3) is 0 Å². The minimum Gasteiger partial charge on any atom is -0.488 e. The molecule has 25 heavy (non-hydrogen) atoms. The van der Waals surface area contributed by atoms with Crippen LogP contribution in [0.3, 0.4) is 0 Å². The maximum absolute atomic E-state index is 12.8. The van der Waals surface area contributed by atoms with E-state index in [0.717, 1.165) is 16.7 Å². The summed E-state index contributed by atoms with van der Waals surface area (Å²) in [6, 6.07) is 12.0. The predicted molar refractivity (Wildman–Crippen MR) is 93.9 cm³/mol. The normalized spacial score (nSPS) is 16.7. The third-order valence-corrected chi connectivity index (χ3v) is 4.46. The van der Waals surface area contributed by atoms with E-state index in [1.807, 2.05) is 32.0 Å². The van der Waals surface area contributed by atoms with Gasteiger partial charge < -0.3 is 9.64 Å². The lowest BCUT2D eigenvalue weighted by molar-refractivity contribution is -0.384. The van der Waals surface area contributed by atoms with Crippen molar-refractivity contribution in [3.63, 3.8) is 0 Å². The van der Waals surface area contributed by atoms with Gasteiger partial charge in [0.15, 0.2) is 0 Å². The maximum atomic E-state index is 12.8. The van der Waals surface area contributed by atoms with E-state index in [-0.39, 0.29) is 17.7 Å². The number of nitro groups is 1. The number of rotatable bonds is 4. The van der Waals surface area contributed by atoms with E-state index in [9.17, 15) is 14.9 Å². The van der Waals surface area contributed by atoms with Crippen LogP contribution in [0.4, 0.5) is 5.69 Å². The number of amides is 1. The van der Waals surface area contributed by atoms with Crippen molar-refractivity contribution in [1.29, 1.82) is 0 Å². The van der Waals surface area contributed by atoms with Crippen molar-refractivity contribution in [2.75, 3.05) is 13.1 Å². The monoisotopic (exact) mass is 340 g/mol. The zero-order valence-electron chi connectivity index (χ0n) is 14.3. The number of carbonyl (C=O) groups is 1. The molecule has 1 amide bonds. The second kappa shape index (κ2) is 6.93. The van der Waals surface area contributed by atoms with Crippen molar-refractivity contribution in [3.05, 3.63) is 69.3 Å². The summed E-state index contributed by atoms with van der Waals surface area (Å²) in [5.41, 5.74) is 2.68. The number of hydrogen-bond acceptors (Lipinski definition) is 4. The van der Waals surface area contributed by atoms with Gasteiger partial charge in [0.05, 0.1) is 17.5 Å². The molecule has 130 valence electrons. The highest BCUT2D eigenvalue weighted by atomic mass is 16.6. The Morgan fingerprint density at radius 2 is 1.88 bits per heavy atom. The van der Waals surface area contributed by atoms with Crippen molar-refractivity contribution in [1.82, 2.24) is 4.90 Å². The molecule has 2 aromatic rings. The van der Waals surface area contributed by atoms with Crippen molar-refractivity contribution in [3.8, 4) is 5.75 Å². The average Bonchev–Trinajstić information content (AvgIpc) is 3.03. The van der Waals surface area contributed by atoms with Gasteiger partial charge in [0.25, 0.3) is 11.6 Å². The van der Waals surface area contributed by atoms with Gasteiger partial charge in [-0.2, -0.15) is 0 Å². The number of carbonyl (C=O) groups excluding carboxylic acids is 1. The van der Waals surface area contributed by atoms with Crippen molar-refractivity contribution < 1.29 is 14.5 Å². The summed E-state index contributed by atoms with van der Waals surface area (Å²) in [7, 11) is 0. The molecule has 0 saturated carbocycles. The van der Waals surface area contributed by atoms with Gasteiger partial charge in [-0.15, -0.1) is 0 Å². The molecule has 0 aliphatic carbocycles. The molecule has 6 heteroatoms. The zero-order chi connectivity index (χ0) is 18.0. The van der Waals surface area contributed by atoms with Crippen LogP contribution in [0.1, 0.15) is 27.9 Å². The molecule has 0 radical (unpaired) electrons. The molecule has 0 spiro atoms. The van der Waals surface area contributed by atoms with Gasteiger partial charge in [0.1, 0.15) is 11.9 Å². The molecule has 6 nitrogen and oxygen atoms in total. The summed E-state index contributed by atoms with van der Waals surface area (Å²) in [5.74, 6) is 0.473. The number of hydrogen-bond donors (Lipinski definition) is 0. The van der Waals surface area contributed by atoms with Crippen LogP contribution in [-0.4, -0.2) is 34.9 Å². The van der Waals surface area contributed by atoms with Crippen molar-refractivity contribution in [2.45, 2.75) is 26.4 Å². The summed E-state index contributed by atoms with van der Waals surface area (Å²) >= 11 is 0. The molecule has 1 fully saturated rings. The molecule has 1 aliphatic heterocycles. The molecule has 1 atom stereocenters. The van der Waals surface area contributed by atoms with E-state index < -0.39 is 4.92 Å². The largest absolute Gasteiger partial charge is 0.488 e. The minimum absolute atomic E-state index is 0.000959. The predicted octanol–water partition coefficient (Wildman–Crippen LogP) is 3.51. The van der Waals surface area contributed by atoms with E-state index in [1.54, 1.807) is 17.0 Å². The summed E-state index contributed by atoms with van der Waals surface area (Å²) in [5, 5.41) is 10.8. The number of nitro benzene ring substituents is 1. The summed E-state index contributed by atoms with van der Waals surface area (Å²) in [4.78, 5) is 25.0. The lowest BCUT2D eigenvalue weighted by Crippen LogP contribution is -2.31. The number of ether oxygens (including phenoxy) is 1. The fraction of sp³-hybridized carbons (Fsp3) is 0.316. The molecule has 1 heterocycles. The standard InChI is InChI=1S/C19H20N2O4/c1-13-5-3-6-14(2)18(13)19(22)20-10-9-17(12-20)25-16-8-4-7-15(11-16)21(23)24/h3-8,11,17H,9-10,12H2,1-2H3/t17-/m0/s1. The second-order valence-electron chi connectivity index (χ2n) is 6.30. The Labute approximate surface area is 146 Å². The van der Waals surface area contributed by atoms with Crippen molar-refractivity contribution >= 4 is 11.6 Å². The van der Waals surface area contributed by atoms with E-state index in [0.29, 0.717) is 25.3 Å². The molecule has 0 aromatic heterocycles. The first-order valence-electron chi connectivity index (χ1n) is 8.22. The number of likely N-dealkylation sites (tertiary alicyclic amines) is 1. The number of aryl methyl sites for hydroxylation is 2. The third-order valence-electron chi connectivity index (χ3n) is 4.46. The van der Waals surface area contributed by atoms with Gasteiger partial charge in [-0.25, -0.2) is 0 Å². The molecule has 1 aliphatic rings. The van der Waals surface area contributed by atoms with Gasteiger partial charge in [-0.1, -0.05) is 24.3 Å². The molecule has 0 N–H and O–H groups in total. The molecule has 2 aromatic carbocycles. The Bertz CT molecular complexity index is 799. The van der Waals surface area contributed by atoms with Crippen LogP contribution < -0.4 is 4.74 Å². The minimum atomic E-state index is -0.446. The Balaban J connectivity index is 1.69. The smallest absolute Gasteiger partial charge is 0.273 e. The maximum Gasteiger partial charge on any atom is 0.273 e. The second-order valence-corrected chi connectivity index (χ2v) is 6.30. The van der Waals surface area contributed by atoms with Crippen LogP contribution in [-0.2, 0) is 0 Å². The van der Waals surface area contributed by atoms with Crippen LogP contribution in [0, 0.1) is 24.0 Å². The van der Waals surface area contributed by atoms with E-state index in [1.165, 1.54) is 12.1 Å². The fourth-order valence-corrected chi connectivity index (χ4v) is 3.18. The van der Waals surface area contributed by atoms with Gasteiger partial charge in [-0.3, -0.25) is 14.9 Å². The van der Waals surface area contributed by atoms with Crippen LogP contribution >= 0.6 is 0 Å². The number of benzene rings is 2. The quantitative estimate of drug-likeness (QED) is 0.631. The Morgan fingerprint density at radius 3 is 2.56 bits per heavy atom. The Hall–Kier alpha value is -2.89. The van der Waals surface area contributed by atoms with Crippen molar-refractivity contribution in [2.24, 2.45) is 0 Å². The van der Waals surface area contributed by atoms with E-state index in [2.05, 4.69) is 0 Å². The third kappa shape index (κ3) is 3.63. The topological polar surface area (TPSA) is 72.7 Å². The zero-order valence-corrected chi connectivity index (χ0v) is 14.3. The van der Waals surface area contributed by atoms with Crippen LogP contribution in [0.15, 0.2) is 42.5 Å². The number of nitrogens with zero attached hydrogens (tertiary/aromatic N) is 2. The SMILES string of the molecule is Cc1cccc(C)c1C(=O)N1CC[C@H](Oc2cccc([N+](=O)[O-])c2)C1. The average molecular weight is 340 g/mol. The van der Waals surface area contributed by atoms with E-state index in [4.69, 9.17) is 4.74 Å². The van der Waals surface area contributed by atoms with Gasteiger partial charge in [-0.05, 0) is 31.0 Å². The molecule has 0 bridgehead atoms. The summed E-state index contributed by atoms with van der Waals surface area (Å²) < 4.78 is 5.84. The number of non-ortho nitro benzene ring substituents is 1. The first kappa shape index (κ1) is 17.0. The molecular formula is C19H20N2O4. The Kier molecular flexibility index (Phi) is 4.70. The van der Waals surface area contributed by atoms with E-state index >= 15 is 0 Å². The fourth-order valence-electron chi connectivity index (χ4n) is 3.18. The molecular weight excluding hydrogens is 320 g/mol. The van der Waals surface area contributed by atoms with Gasteiger partial charge in [0.2, 0.25) is 0 Å². The molecule has 0 unspecified atom stereocenters. The van der Waals surface area contributed by atoms with Gasteiger partial charge >= 0.3 is 0 Å². The Morgan fingerprint density at radius 1 is 1.20 bits per heavy atom. The highest BCUT2D eigenvalue weighted by molar-refractivity contribution is 5.97. The summed E-state index contributed by atoms with van der Waals surface area (Å²) in [6.45, 7) is 4.97. The first-order chi connectivity index (χ1) is 12.0. The lowest BCUT2D eigenvalue weighted by atomic mass is 10.0. The first-order valence-corrected chi connectivity index (χ1v) is 8.22. The van der Waals surface area contributed by atoms with Crippen LogP contribution in [0.5, 0.6) is 5.75 Å². The molecule has 3 rings (SSSR count).